The Hall–Kier alpha value is -0.930. The predicted molar refractivity (Wildman–Crippen MR) is 55.2 cm³/mol. The van der Waals surface area contributed by atoms with E-state index in [9.17, 15) is 5.11 Å². The van der Waals surface area contributed by atoms with Crippen LogP contribution in [0.1, 0.15) is 29.8 Å². The van der Waals surface area contributed by atoms with Crippen molar-refractivity contribution in [2.75, 3.05) is 13.2 Å². The fourth-order valence-corrected chi connectivity index (χ4v) is 1.38. The summed E-state index contributed by atoms with van der Waals surface area (Å²) in [5.74, 6) is 0. The zero-order chi connectivity index (χ0) is 10.6. The van der Waals surface area contributed by atoms with Crippen molar-refractivity contribution in [1.29, 1.82) is 0 Å². The molecule has 1 unspecified atom stereocenters. The maximum Gasteiger partial charge on any atom is 0.119 e. The van der Waals surface area contributed by atoms with E-state index in [4.69, 9.17) is 4.74 Å². The van der Waals surface area contributed by atoms with Gasteiger partial charge >= 0.3 is 0 Å². The van der Waals surface area contributed by atoms with Gasteiger partial charge in [-0.3, -0.25) is 4.98 Å². The summed E-state index contributed by atoms with van der Waals surface area (Å²) in [5, 5.41) is 9.74. The van der Waals surface area contributed by atoms with Crippen molar-refractivity contribution in [3.8, 4) is 0 Å². The van der Waals surface area contributed by atoms with Crippen LogP contribution in [-0.4, -0.2) is 23.3 Å². The van der Waals surface area contributed by atoms with Crippen LogP contribution in [0.4, 0.5) is 0 Å². The lowest BCUT2D eigenvalue weighted by atomic mass is 10.1. The number of rotatable bonds is 4. The highest BCUT2D eigenvalue weighted by molar-refractivity contribution is 5.24. The van der Waals surface area contributed by atoms with E-state index in [1.807, 2.05) is 26.8 Å². The van der Waals surface area contributed by atoms with E-state index in [0.717, 1.165) is 11.1 Å². The lowest BCUT2D eigenvalue weighted by Crippen LogP contribution is -2.10. The molecule has 1 atom stereocenters. The monoisotopic (exact) mass is 195 g/mol. The predicted octanol–water partition coefficient (Wildman–Crippen LogP) is 1.77. The van der Waals surface area contributed by atoms with Crippen LogP contribution in [0, 0.1) is 13.8 Å². The quantitative estimate of drug-likeness (QED) is 0.796. The van der Waals surface area contributed by atoms with E-state index < -0.39 is 6.10 Å². The van der Waals surface area contributed by atoms with Gasteiger partial charge in [-0.05, 0) is 31.9 Å². The molecule has 0 aliphatic rings. The Kier molecular flexibility index (Phi) is 4.04. The molecule has 3 nitrogen and oxygen atoms in total. The Labute approximate surface area is 84.7 Å². The van der Waals surface area contributed by atoms with Gasteiger partial charge in [-0.2, -0.15) is 0 Å². The molecule has 0 fully saturated rings. The summed E-state index contributed by atoms with van der Waals surface area (Å²) in [5.41, 5.74) is 2.83. The highest BCUT2D eigenvalue weighted by atomic mass is 16.5. The Balaban J connectivity index is 2.74. The van der Waals surface area contributed by atoms with Crippen molar-refractivity contribution in [1.82, 2.24) is 4.98 Å². The van der Waals surface area contributed by atoms with E-state index in [1.165, 1.54) is 0 Å². The number of hydrogen-bond acceptors (Lipinski definition) is 3. The first-order chi connectivity index (χ1) is 6.65. The second-order valence-corrected chi connectivity index (χ2v) is 3.39. The molecule has 0 bridgehead atoms. The molecule has 78 valence electrons. The Morgan fingerprint density at radius 3 is 2.79 bits per heavy atom. The minimum absolute atomic E-state index is 0.313. The molecule has 1 rings (SSSR count). The molecule has 0 aliphatic heterocycles. The van der Waals surface area contributed by atoms with E-state index >= 15 is 0 Å². The second-order valence-electron chi connectivity index (χ2n) is 3.39. The van der Waals surface area contributed by atoms with Gasteiger partial charge in [-0.15, -0.1) is 0 Å². The third-order valence-corrected chi connectivity index (χ3v) is 2.05. The van der Waals surface area contributed by atoms with Gasteiger partial charge in [0, 0.05) is 12.8 Å². The second kappa shape index (κ2) is 5.08. The van der Waals surface area contributed by atoms with Crippen LogP contribution in [0.25, 0.3) is 0 Å². The van der Waals surface area contributed by atoms with Crippen LogP contribution in [0.2, 0.25) is 0 Å². The number of aromatic nitrogens is 1. The summed E-state index contributed by atoms with van der Waals surface area (Å²) in [6, 6.07) is 2.01. The fourth-order valence-electron chi connectivity index (χ4n) is 1.38. The van der Waals surface area contributed by atoms with Gasteiger partial charge in [0.25, 0.3) is 0 Å². The van der Waals surface area contributed by atoms with E-state index in [0.29, 0.717) is 18.9 Å². The van der Waals surface area contributed by atoms with Crippen LogP contribution in [0.15, 0.2) is 12.3 Å². The normalized spacial score (nSPS) is 12.9. The number of aryl methyl sites for hydroxylation is 2. The number of nitrogens with zero attached hydrogens (tertiary/aromatic N) is 1. The van der Waals surface area contributed by atoms with Crippen LogP contribution in [-0.2, 0) is 4.74 Å². The largest absolute Gasteiger partial charge is 0.384 e. The first kappa shape index (κ1) is 11.1. The lowest BCUT2D eigenvalue weighted by Gasteiger charge is -2.12. The number of pyridine rings is 1. The average Bonchev–Trinajstić information content (AvgIpc) is 2.14. The fraction of sp³-hybridized carbons (Fsp3) is 0.545. The van der Waals surface area contributed by atoms with E-state index in [1.54, 1.807) is 6.20 Å². The average molecular weight is 195 g/mol. The molecule has 3 heteroatoms. The SMILES string of the molecule is CCOCC(O)c1ncc(C)cc1C. The summed E-state index contributed by atoms with van der Waals surface area (Å²) in [7, 11) is 0. The third kappa shape index (κ3) is 2.79. The summed E-state index contributed by atoms with van der Waals surface area (Å²) in [4.78, 5) is 4.20. The van der Waals surface area contributed by atoms with Gasteiger partial charge in [-0.25, -0.2) is 0 Å². The van der Waals surface area contributed by atoms with Crippen molar-refractivity contribution in [2.45, 2.75) is 26.9 Å². The Bertz CT molecular complexity index is 299. The van der Waals surface area contributed by atoms with Crippen molar-refractivity contribution < 1.29 is 9.84 Å². The van der Waals surface area contributed by atoms with E-state index in [-0.39, 0.29) is 0 Å². The first-order valence-corrected chi connectivity index (χ1v) is 4.84. The Morgan fingerprint density at radius 2 is 2.21 bits per heavy atom. The third-order valence-electron chi connectivity index (χ3n) is 2.05. The minimum Gasteiger partial charge on any atom is -0.384 e. The highest BCUT2D eigenvalue weighted by Crippen LogP contribution is 2.15. The summed E-state index contributed by atoms with van der Waals surface area (Å²) in [6.45, 7) is 6.76. The zero-order valence-electron chi connectivity index (χ0n) is 8.95. The van der Waals surface area contributed by atoms with E-state index in [2.05, 4.69) is 4.98 Å². The molecule has 0 amide bonds. The van der Waals surface area contributed by atoms with Crippen LogP contribution in [0.5, 0.6) is 0 Å². The molecule has 1 aromatic heterocycles. The zero-order valence-corrected chi connectivity index (χ0v) is 8.95. The molecule has 0 radical (unpaired) electrons. The summed E-state index contributed by atoms with van der Waals surface area (Å²) >= 11 is 0. The van der Waals surface area contributed by atoms with Gasteiger partial charge in [0.2, 0.25) is 0 Å². The molecule has 0 aromatic carbocycles. The van der Waals surface area contributed by atoms with Gasteiger partial charge < -0.3 is 9.84 Å². The smallest absolute Gasteiger partial charge is 0.119 e. The molecular weight excluding hydrogens is 178 g/mol. The van der Waals surface area contributed by atoms with Crippen LogP contribution >= 0.6 is 0 Å². The molecule has 1 N–H and O–H groups in total. The van der Waals surface area contributed by atoms with Crippen molar-refractivity contribution in [3.05, 3.63) is 29.1 Å². The van der Waals surface area contributed by atoms with Gasteiger partial charge in [-0.1, -0.05) is 6.07 Å². The highest BCUT2D eigenvalue weighted by Gasteiger charge is 2.11. The Morgan fingerprint density at radius 1 is 1.50 bits per heavy atom. The number of aliphatic hydroxyl groups excluding tert-OH is 1. The molecule has 14 heavy (non-hydrogen) atoms. The molecular formula is C11H17NO2. The molecule has 0 saturated heterocycles. The maximum atomic E-state index is 9.74. The van der Waals surface area contributed by atoms with Crippen molar-refractivity contribution in [3.63, 3.8) is 0 Å². The van der Waals surface area contributed by atoms with Crippen LogP contribution < -0.4 is 0 Å². The van der Waals surface area contributed by atoms with Crippen molar-refractivity contribution >= 4 is 0 Å². The van der Waals surface area contributed by atoms with Gasteiger partial charge in [0.1, 0.15) is 6.10 Å². The number of hydrogen-bond donors (Lipinski definition) is 1. The molecule has 1 heterocycles. The maximum absolute atomic E-state index is 9.74. The summed E-state index contributed by atoms with van der Waals surface area (Å²) in [6.07, 6.45) is 1.15. The molecule has 0 spiro atoms. The van der Waals surface area contributed by atoms with Crippen molar-refractivity contribution in [2.24, 2.45) is 0 Å². The number of ether oxygens (including phenoxy) is 1. The van der Waals surface area contributed by atoms with Crippen LogP contribution in [0.3, 0.4) is 0 Å². The summed E-state index contributed by atoms with van der Waals surface area (Å²) < 4.78 is 5.14. The molecule has 0 saturated carbocycles. The lowest BCUT2D eigenvalue weighted by molar-refractivity contribution is 0.0394. The van der Waals surface area contributed by atoms with Gasteiger partial charge in [0.15, 0.2) is 0 Å². The topological polar surface area (TPSA) is 42.4 Å². The molecule has 0 aliphatic carbocycles. The molecule has 1 aromatic rings. The standard InChI is InChI=1S/C11H17NO2/c1-4-14-7-10(13)11-9(3)5-8(2)6-12-11/h5-6,10,13H,4,7H2,1-3H3. The van der Waals surface area contributed by atoms with Gasteiger partial charge in [0.05, 0.1) is 12.3 Å². The minimum atomic E-state index is -0.615. The number of aliphatic hydroxyl groups is 1. The first-order valence-electron chi connectivity index (χ1n) is 4.84.